The summed E-state index contributed by atoms with van der Waals surface area (Å²) in [4.78, 5) is 15.4. The van der Waals surface area contributed by atoms with Gasteiger partial charge in [-0.15, -0.1) is 0 Å². The SMILES string of the molecule is C1=CCC(c2ccc3c(c2)oc2cccc(-c4nc(-c5ccccc5)nc(-c5ccc6c(-c7ccccc7)cc7ccccc7c6c5)n4)c23)C=C1. The van der Waals surface area contributed by atoms with Crippen molar-refractivity contribution >= 4 is 43.5 Å². The molecule has 240 valence electrons. The molecule has 0 saturated carbocycles. The first-order valence-corrected chi connectivity index (χ1v) is 17.4. The quantitative estimate of drug-likeness (QED) is 0.173. The maximum Gasteiger partial charge on any atom is 0.164 e. The fourth-order valence-electron chi connectivity index (χ4n) is 7.53. The van der Waals surface area contributed by atoms with Gasteiger partial charge in [0.2, 0.25) is 0 Å². The monoisotopic (exact) mass is 653 g/mol. The highest BCUT2D eigenvalue weighted by Crippen LogP contribution is 2.40. The molecule has 1 atom stereocenters. The molecule has 10 rings (SSSR count). The molecule has 0 amide bonds. The fourth-order valence-corrected chi connectivity index (χ4v) is 7.53. The standard InChI is InChI=1S/C47H31N3O/c1-4-13-30(14-5-1)33-23-26-38-43(29-33)51-42-22-12-21-39(44(38)42)47-49-45(32-17-8-3-9-18-32)48-46(50-47)35-24-25-37-40(31-15-6-2-7-16-31)27-34-19-10-11-20-36(34)41(37)28-35/h1-13,15-30H,14H2. The molecule has 0 N–H and O–H groups in total. The smallest absolute Gasteiger partial charge is 0.164 e. The molecule has 1 unspecified atom stereocenters. The van der Waals surface area contributed by atoms with E-state index >= 15 is 0 Å². The molecule has 0 radical (unpaired) electrons. The average Bonchev–Trinajstić information content (AvgIpc) is 3.59. The lowest BCUT2D eigenvalue weighted by molar-refractivity contribution is 0.667. The van der Waals surface area contributed by atoms with Crippen molar-refractivity contribution in [3.8, 4) is 45.3 Å². The van der Waals surface area contributed by atoms with E-state index in [0.29, 0.717) is 23.4 Å². The van der Waals surface area contributed by atoms with Crippen molar-refractivity contribution in [1.29, 1.82) is 0 Å². The molecular formula is C47H31N3O. The van der Waals surface area contributed by atoms with Gasteiger partial charge in [-0.1, -0.05) is 146 Å². The highest BCUT2D eigenvalue weighted by atomic mass is 16.3. The predicted molar refractivity (Wildman–Crippen MR) is 209 cm³/mol. The Morgan fingerprint density at radius 3 is 2.04 bits per heavy atom. The van der Waals surface area contributed by atoms with E-state index < -0.39 is 0 Å². The van der Waals surface area contributed by atoms with Gasteiger partial charge in [0, 0.05) is 33.4 Å². The Bertz CT molecular complexity index is 2830. The van der Waals surface area contributed by atoms with E-state index in [4.69, 9.17) is 19.4 Å². The Kier molecular flexibility index (Phi) is 6.91. The molecule has 0 bridgehead atoms. The van der Waals surface area contributed by atoms with Crippen LogP contribution in [-0.4, -0.2) is 15.0 Å². The number of fused-ring (bicyclic) bond motifs is 6. The van der Waals surface area contributed by atoms with Crippen LogP contribution in [0.4, 0.5) is 0 Å². The van der Waals surface area contributed by atoms with E-state index in [1.54, 1.807) is 0 Å². The zero-order valence-electron chi connectivity index (χ0n) is 27.7. The fraction of sp³-hybridized carbons (Fsp3) is 0.0426. The second-order valence-electron chi connectivity index (χ2n) is 13.1. The van der Waals surface area contributed by atoms with E-state index in [-0.39, 0.29) is 0 Å². The maximum absolute atomic E-state index is 6.50. The molecule has 9 aromatic rings. The van der Waals surface area contributed by atoms with Crippen molar-refractivity contribution in [2.45, 2.75) is 12.3 Å². The second kappa shape index (κ2) is 12.0. The van der Waals surface area contributed by atoms with E-state index in [1.165, 1.54) is 32.8 Å². The van der Waals surface area contributed by atoms with E-state index in [2.05, 4.69) is 127 Å². The second-order valence-corrected chi connectivity index (χ2v) is 13.1. The normalized spacial score (nSPS) is 14.2. The number of hydrogen-bond acceptors (Lipinski definition) is 4. The number of hydrogen-bond donors (Lipinski definition) is 0. The van der Waals surface area contributed by atoms with Crippen LogP contribution in [0.15, 0.2) is 174 Å². The third-order valence-corrected chi connectivity index (χ3v) is 10.0. The summed E-state index contributed by atoms with van der Waals surface area (Å²) in [6.45, 7) is 0. The summed E-state index contributed by atoms with van der Waals surface area (Å²) in [6, 6.07) is 50.9. The van der Waals surface area contributed by atoms with Gasteiger partial charge in [0.15, 0.2) is 17.5 Å². The first kappa shape index (κ1) is 29.3. The lowest BCUT2D eigenvalue weighted by Gasteiger charge is -2.13. The van der Waals surface area contributed by atoms with Gasteiger partial charge in [-0.05, 0) is 68.9 Å². The van der Waals surface area contributed by atoms with Crippen molar-refractivity contribution in [3.05, 3.63) is 175 Å². The number of allylic oxidation sites excluding steroid dienone is 4. The van der Waals surface area contributed by atoms with Crippen LogP contribution >= 0.6 is 0 Å². The molecule has 0 saturated heterocycles. The Hall–Kier alpha value is -6.65. The average molecular weight is 654 g/mol. The lowest BCUT2D eigenvalue weighted by Crippen LogP contribution is -2.00. The van der Waals surface area contributed by atoms with Crippen LogP contribution in [0.5, 0.6) is 0 Å². The van der Waals surface area contributed by atoms with Gasteiger partial charge in [0.1, 0.15) is 11.2 Å². The Morgan fingerprint density at radius 1 is 0.471 bits per heavy atom. The van der Waals surface area contributed by atoms with Gasteiger partial charge in [-0.25, -0.2) is 15.0 Å². The van der Waals surface area contributed by atoms with Crippen molar-refractivity contribution in [2.24, 2.45) is 0 Å². The molecule has 51 heavy (non-hydrogen) atoms. The predicted octanol–water partition coefficient (Wildman–Crippen LogP) is 12.3. The molecule has 0 fully saturated rings. The molecule has 7 aromatic carbocycles. The Labute approximate surface area is 295 Å². The van der Waals surface area contributed by atoms with E-state index in [0.717, 1.165) is 50.4 Å². The molecular weight excluding hydrogens is 623 g/mol. The van der Waals surface area contributed by atoms with Gasteiger partial charge < -0.3 is 4.42 Å². The summed E-state index contributed by atoms with van der Waals surface area (Å²) in [5, 5.41) is 6.80. The van der Waals surface area contributed by atoms with Crippen LogP contribution in [0.1, 0.15) is 17.9 Å². The number of aromatic nitrogens is 3. The third kappa shape index (κ3) is 5.12. The Morgan fingerprint density at radius 2 is 1.22 bits per heavy atom. The van der Waals surface area contributed by atoms with Crippen LogP contribution in [0.2, 0.25) is 0 Å². The van der Waals surface area contributed by atoms with Crippen LogP contribution in [0.25, 0.3) is 88.8 Å². The first-order chi connectivity index (χ1) is 25.3. The molecule has 0 spiro atoms. The number of benzene rings is 7. The summed E-state index contributed by atoms with van der Waals surface area (Å²) >= 11 is 0. The van der Waals surface area contributed by atoms with Crippen LogP contribution < -0.4 is 0 Å². The highest BCUT2D eigenvalue weighted by Gasteiger charge is 2.20. The molecule has 4 heteroatoms. The molecule has 0 aliphatic heterocycles. The van der Waals surface area contributed by atoms with Crippen molar-refractivity contribution in [2.75, 3.05) is 0 Å². The largest absolute Gasteiger partial charge is 0.456 e. The minimum atomic E-state index is 0.342. The summed E-state index contributed by atoms with van der Waals surface area (Å²) in [6.07, 6.45) is 9.69. The van der Waals surface area contributed by atoms with Gasteiger partial charge in [-0.3, -0.25) is 0 Å². The van der Waals surface area contributed by atoms with Crippen molar-refractivity contribution in [1.82, 2.24) is 15.0 Å². The first-order valence-electron chi connectivity index (χ1n) is 17.4. The minimum Gasteiger partial charge on any atom is -0.456 e. The maximum atomic E-state index is 6.50. The number of furan rings is 1. The number of nitrogens with zero attached hydrogens (tertiary/aromatic N) is 3. The zero-order valence-corrected chi connectivity index (χ0v) is 27.7. The summed E-state index contributed by atoms with van der Waals surface area (Å²) in [5.41, 5.74) is 8.10. The summed E-state index contributed by atoms with van der Waals surface area (Å²) < 4.78 is 6.50. The molecule has 4 nitrogen and oxygen atoms in total. The molecule has 1 aliphatic carbocycles. The van der Waals surface area contributed by atoms with Crippen molar-refractivity contribution < 1.29 is 4.42 Å². The van der Waals surface area contributed by atoms with Crippen molar-refractivity contribution in [3.63, 3.8) is 0 Å². The van der Waals surface area contributed by atoms with Gasteiger partial charge in [-0.2, -0.15) is 0 Å². The third-order valence-electron chi connectivity index (χ3n) is 10.0. The highest BCUT2D eigenvalue weighted by molar-refractivity contribution is 6.15. The van der Waals surface area contributed by atoms with Crippen LogP contribution in [-0.2, 0) is 0 Å². The van der Waals surface area contributed by atoms with E-state index in [9.17, 15) is 0 Å². The van der Waals surface area contributed by atoms with Crippen LogP contribution in [0, 0.1) is 0 Å². The Balaban J connectivity index is 1.18. The molecule has 2 heterocycles. The van der Waals surface area contributed by atoms with Gasteiger partial charge in [0.05, 0.1) is 0 Å². The summed E-state index contributed by atoms with van der Waals surface area (Å²) in [5.74, 6) is 2.20. The molecule has 1 aliphatic rings. The van der Waals surface area contributed by atoms with Gasteiger partial charge in [0.25, 0.3) is 0 Å². The van der Waals surface area contributed by atoms with Crippen LogP contribution in [0.3, 0.4) is 0 Å². The van der Waals surface area contributed by atoms with Gasteiger partial charge >= 0.3 is 0 Å². The summed E-state index contributed by atoms with van der Waals surface area (Å²) in [7, 11) is 0. The zero-order chi connectivity index (χ0) is 33.7. The lowest BCUT2D eigenvalue weighted by atomic mass is 9.92. The number of rotatable bonds is 5. The van der Waals surface area contributed by atoms with E-state index in [1.807, 2.05) is 42.5 Å². The minimum absolute atomic E-state index is 0.342. The molecule has 2 aromatic heterocycles. The topological polar surface area (TPSA) is 51.8 Å².